The van der Waals surface area contributed by atoms with Crippen molar-refractivity contribution in [3.63, 3.8) is 0 Å². The predicted octanol–water partition coefficient (Wildman–Crippen LogP) is 2.32. The Bertz CT molecular complexity index is 522. The molecule has 2 aromatic rings. The number of imidazole rings is 1. The first-order valence-corrected chi connectivity index (χ1v) is 6.57. The standard InChI is InChI=1S/C15H21N3O/c1-4-16-13(14-10-18(2)11-17-14)9-12-7-5-6-8-15(12)19-3/h5-8,10-11,13,16H,4,9H2,1-3H3. The molecule has 0 saturated carbocycles. The van der Waals surface area contributed by atoms with E-state index in [1.807, 2.05) is 36.1 Å². The van der Waals surface area contributed by atoms with Crippen molar-refractivity contribution in [2.75, 3.05) is 13.7 Å². The number of aryl methyl sites for hydroxylation is 1. The number of benzene rings is 1. The molecule has 19 heavy (non-hydrogen) atoms. The lowest BCUT2D eigenvalue weighted by atomic mass is 10.0. The number of para-hydroxylation sites is 1. The minimum Gasteiger partial charge on any atom is -0.496 e. The average molecular weight is 259 g/mol. The largest absolute Gasteiger partial charge is 0.496 e. The Morgan fingerprint density at radius 1 is 1.37 bits per heavy atom. The van der Waals surface area contributed by atoms with Gasteiger partial charge in [-0.3, -0.25) is 0 Å². The molecule has 1 heterocycles. The van der Waals surface area contributed by atoms with Crippen LogP contribution in [0.2, 0.25) is 0 Å². The Hall–Kier alpha value is -1.81. The van der Waals surface area contributed by atoms with E-state index in [1.165, 1.54) is 5.56 Å². The van der Waals surface area contributed by atoms with Crippen molar-refractivity contribution < 1.29 is 4.74 Å². The van der Waals surface area contributed by atoms with E-state index >= 15 is 0 Å². The fraction of sp³-hybridized carbons (Fsp3) is 0.400. The second kappa shape index (κ2) is 6.38. The molecule has 1 N–H and O–H groups in total. The molecule has 0 fully saturated rings. The molecule has 1 unspecified atom stereocenters. The van der Waals surface area contributed by atoms with Crippen LogP contribution in [0.15, 0.2) is 36.8 Å². The molecular weight excluding hydrogens is 238 g/mol. The van der Waals surface area contributed by atoms with Gasteiger partial charge in [0.05, 0.1) is 25.2 Å². The maximum atomic E-state index is 5.41. The van der Waals surface area contributed by atoms with E-state index in [2.05, 4.69) is 29.5 Å². The highest BCUT2D eigenvalue weighted by molar-refractivity contribution is 5.34. The van der Waals surface area contributed by atoms with E-state index in [-0.39, 0.29) is 6.04 Å². The first-order valence-electron chi connectivity index (χ1n) is 6.57. The summed E-state index contributed by atoms with van der Waals surface area (Å²) in [4.78, 5) is 4.45. The molecule has 1 aromatic carbocycles. The molecule has 102 valence electrons. The number of ether oxygens (including phenoxy) is 1. The van der Waals surface area contributed by atoms with Gasteiger partial charge in [0.2, 0.25) is 0 Å². The molecule has 0 amide bonds. The Labute approximate surface area is 114 Å². The summed E-state index contributed by atoms with van der Waals surface area (Å²) in [6.45, 7) is 3.02. The number of methoxy groups -OCH3 is 1. The number of rotatable bonds is 6. The molecule has 4 heteroatoms. The highest BCUT2D eigenvalue weighted by atomic mass is 16.5. The summed E-state index contributed by atoms with van der Waals surface area (Å²) >= 11 is 0. The number of hydrogen-bond donors (Lipinski definition) is 1. The molecular formula is C15H21N3O. The maximum absolute atomic E-state index is 5.41. The summed E-state index contributed by atoms with van der Waals surface area (Å²) in [5.41, 5.74) is 2.26. The summed E-state index contributed by atoms with van der Waals surface area (Å²) in [6.07, 6.45) is 4.76. The summed E-state index contributed by atoms with van der Waals surface area (Å²) in [5, 5.41) is 3.48. The van der Waals surface area contributed by atoms with Gasteiger partial charge < -0.3 is 14.6 Å². The minimum absolute atomic E-state index is 0.211. The number of hydrogen-bond acceptors (Lipinski definition) is 3. The fourth-order valence-corrected chi connectivity index (χ4v) is 2.23. The number of nitrogens with one attached hydrogen (secondary N) is 1. The number of aromatic nitrogens is 2. The molecule has 2 rings (SSSR count). The Balaban J connectivity index is 2.21. The highest BCUT2D eigenvalue weighted by Crippen LogP contribution is 2.24. The number of likely N-dealkylation sites (N-methyl/N-ethyl adjacent to an activating group) is 1. The van der Waals surface area contributed by atoms with Gasteiger partial charge in [-0.25, -0.2) is 4.98 Å². The van der Waals surface area contributed by atoms with Crippen molar-refractivity contribution in [3.05, 3.63) is 48.0 Å². The van der Waals surface area contributed by atoms with Gasteiger partial charge in [-0.05, 0) is 24.6 Å². The summed E-state index contributed by atoms with van der Waals surface area (Å²) in [7, 11) is 3.70. The van der Waals surface area contributed by atoms with Crippen molar-refractivity contribution >= 4 is 0 Å². The van der Waals surface area contributed by atoms with E-state index in [0.29, 0.717) is 0 Å². The molecule has 0 aliphatic carbocycles. The summed E-state index contributed by atoms with van der Waals surface area (Å²) < 4.78 is 7.39. The second-order valence-electron chi connectivity index (χ2n) is 4.59. The van der Waals surface area contributed by atoms with Crippen LogP contribution in [-0.2, 0) is 13.5 Å². The third-order valence-corrected chi connectivity index (χ3v) is 3.15. The fourth-order valence-electron chi connectivity index (χ4n) is 2.23. The van der Waals surface area contributed by atoms with Crippen molar-refractivity contribution in [1.82, 2.24) is 14.9 Å². The lowest BCUT2D eigenvalue weighted by Crippen LogP contribution is -2.23. The van der Waals surface area contributed by atoms with E-state index in [1.54, 1.807) is 7.11 Å². The van der Waals surface area contributed by atoms with E-state index < -0.39 is 0 Å². The van der Waals surface area contributed by atoms with Crippen LogP contribution in [0.25, 0.3) is 0 Å². The second-order valence-corrected chi connectivity index (χ2v) is 4.59. The Morgan fingerprint density at radius 2 is 2.16 bits per heavy atom. The first kappa shape index (κ1) is 13.6. The third kappa shape index (κ3) is 3.35. The Morgan fingerprint density at radius 3 is 2.79 bits per heavy atom. The predicted molar refractivity (Wildman–Crippen MR) is 76.3 cm³/mol. The summed E-state index contributed by atoms with van der Waals surface area (Å²) in [6, 6.07) is 8.34. The van der Waals surface area contributed by atoms with Gasteiger partial charge in [0.15, 0.2) is 0 Å². The molecule has 1 atom stereocenters. The van der Waals surface area contributed by atoms with Crippen LogP contribution < -0.4 is 10.1 Å². The van der Waals surface area contributed by atoms with Gasteiger partial charge in [0.1, 0.15) is 5.75 Å². The van der Waals surface area contributed by atoms with Gasteiger partial charge in [-0.15, -0.1) is 0 Å². The third-order valence-electron chi connectivity index (χ3n) is 3.15. The van der Waals surface area contributed by atoms with Crippen molar-refractivity contribution in [2.24, 2.45) is 7.05 Å². The topological polar surface area (TPSA) is 39.1 Å². The highest BCUT2D eigenvalue weighted by Gasteiger charge is 2.15. The van der Waals surface area contributed by atoms with E-state index in [0.717, 1.165) is 24.4 Å². The van der Waals surface area contributed by atoms with Crippen LogP contribution in [0.4, 0.5) is 0 Å². The van der Waals surface area contributed by atoms with Crippen LogP contribution >= 0.6 is 0 Å². The normalized spacial score (nSPS) is 12.4. The lowest BCUT2D eigenvalue weighted by molar-refractivity contribution is 0.405. The Kier molecular flexibility index (Phi) is 4.58. The quantitative estimate of drug-likeness (QED) is 0.865. The zero-order valence-corrected chi connectivity index (χ0v) is 11.8. The molecule has 0 saturated heterocycles. The lowest BCUT2D eigenvalue weighted by Gasteiger charge is -2.17. The maximum Gasteiger partial charge on any atom is 0.122 e. The van der Waals surface area contributed by atoms with Crippen molar-refractivity contribution in [3.8, 4) is 5.75 Å². The average Bonchev–Trinajstić information content (AvgIpc) is 2.85. The van der Waals surface area contributed by atoms with Crippen LogP contribution in [-0.4, -0.2) is 23.2 Å². The first-order chi connectivity index (χ1) is 9.24. The molecule has 0 aliphatic heterocycles. The molecule has 0 bridgehead atoms. The van der Waals surface area contributed by atoms with Gasteiger partial charge in [0, 0.05) is 13.2 Å². The molecule has 0 aliphatic rings. The van der Waals surface area contributed by atoms with Gasteiger partial charge in [-0.1, -0.05) is 25.1 Å². The molecule has 4 nitrogen and oxygen atoms in total. The van der Waals surface area contributed by atoms with Gasteiger partial charge in [-0.2, -0.15) is 0 Å². The number of nitrogens with zero attached hydrogens (tertiary/aromatic N) is 2. The van der Waals surface area contributed by atoms with Gasteiger partial charge >= 0.3 is 0 Å². The zero-order valence-electron chi connectivity index (χ0n) is 11.8. The van der Waals surface area contributed by atoms with Crippen LogP contribution in [0.1, 0.15) is 24.2 Å². The van der Waals surface area contributed by atoms with Crippen molar-refractivity contribution in [2.45, 2.75) is 19.4 Å². The molecule has 1 aromatic heterocycles. The monoisotopic (exact) mass is 259 g/mol. The minimum atomic E-state index is 0.211. The van der Waals surface area contributed by atoms with Gasteiger partial charge in [0.25, 0.3) is 0 Å². The zero-order chi connectivity index (χ0) is 13.7. The molecule has 0 radical (unpaired) electrons. The van der Waals surface area contributed by atoms with E-state index in [4.69, 9.17) is 4.74 Å². The SMILES string of the molecule is CCNC(Cc1ccccc1OC)c1cn(C)cn1. The van der Waals surface area contributed by atoms with E-state index in [9.17, 15) is 0 Å². The van der Waals surface area contributed by atoms with Crippen LogP contribution in [0.5, 0.6) is 5.75 Å². The smallest absolute Gasteiger partial charge is 0.122 e. The summed E-state index contributed by atoms with van der Waals surface area (Å²) in [5.74, 6) is 0.932. The van der Waals surface area contributed by atoms with Crippen molar-refractivity contribution in [1.29, 1.82) is 0 Å². The van der Waals surface area contributed by atoms with Crippen LogP contribution in [0, 0.1) is 0 Å². The molecule has 0 spiro atoms. The van der Waals surface area contributed by atoms with Crippen LogP contribution in [0.3, 0.4) is 0 Å².